The lowest BCUT2D eigenvalue weighted by Crippen LogP contribution is -2.30. The van der Waals surface area contributed by atoms with Gasteiger partial charge in [-0.3, -0.25) is 14.6 Å². The van der Waals surface area contributed by atoms with Gasteiger partial charge in [-0.2, -0.15) is 0 Å². The Morgan fingerprint density at radius 1 is 1.37 bits per heavy atom. The molecule has 102 valence electrons. The van der Waals surface area contributed by atoms with Gasteiger partial charge in [0.2, 0.25) is 5.91 Å². The van der Waals surface area contributed by atoms with Crippen molar-refractivity contribution in [3.05, 3.63) is 24.0 Å². The predicted octanol–water partition coefficient (Wildman–Crippen LogP) is 2.08. The highest BCUT2D eigenvalue weighted by molar-refractivity contribution is 5.95. The Hall–Kier alpha value is -1.91. The molecule has 19 heavy (non-hydrogen) atoms. The minimum absolute atomic E-state index is 0.215. The molecule has 5 heteroatoms. The van der Waals surface area contributed by atoms with Crippen LogP contribution >= 0.6 is 0 Å². The zero-order valence-electron chi connectivity index (χ0n) is 11.1. The molecular weight excluding hydrogens is 244 g/mol. The summed E-state index contributed by atoms with van der Waals surface area (Å²) in [7, 11) is 0. The van der Waals surface area contributed by atoms with Gasteiger partial charge < -0.3 is 10.4 Å². The molecule has 1 heterocycles. The number of aryl methyl sites for hydroxylation is 1. The number of aromatic nitrogens is 1. The quantitative estimate of drug-likeness (QED) is 0.874. The number of nitrogens with zero attached hydrogens (tertiary/aromatic N) is 1. The average molecular weight is 262 g/mol. The fourth-order valence-corrected chi connectivity index (χ4v) is 2.70. The fraction of sp³-hybridized carbons (Fsp3) is 0.500. The van der Waals surface area contributed by atoms with Crippen molar-refractivity contribution in [2.75, 3.05) is 5.32 Å². The lowest BCUT2D eigenvalue weighted by atomic mass is 9.95. The van der Waals surface area contributed by atoms with Crippen LogP contribution in [0, 0.1) is 24.7 Å². The third-order valence-corrected chi connectivity index (χ3v) is 3.72. The number of carboxylic acids is 1. The first kappa shape index (κ1) is 13.5. The number of carbonyl (C=O) groups is 2. The summed E-state index contributed by atoms with van der Waals surface area (Å²) in [6.45, 7) is 3.79. The van der Waals surface area contributed by atoms with Crippen molar-refractivity contribution in [3.63, 3.8) is 0 Å². The summed E-state index contributed by atoms with van der Waals surface area (Å²) in [5.74, 6) is -1.86. The van der Waals surface area contributed by atoms with Crippen molar-refractivity contribution in [2.45, 2.75) is 26.7 Å². The summed E-state index contributed by atoms with van der Waals surface area (Å²) in [5.41, 5.74) is 1.38. The minimum atomic E-state index is -0.882. The van der Waals surface area contributed by atoms with E-state index in [-0.39, 0.29) is 11.8 Å². The van der Waals surface area contributed by atoms with Crippen molar-refractivity contribution in [1.82, 2.24) is 4.98 Å². The zero-order chi connectivity index (χ0) is 14.0. The number of nitrogens with one attached hydrogen (secondary N) is 1. The Morgan fingerprint density at radius 2 is 2.05 bits per heavy atom. The van der Waals surface area contributed by atoms with Crippen LogP contribution in [-0.2, 0) is 9.59 Å². The molecule has 0 spiro atoms. The molecule has 3 atom stereocenters. The second kappa shape index (κ2) is 5.38. The maximum atomic E-state index is 12.2. The molecule has 5 nitrogen and oxygen atoms in total. The van der Waals surface area contributed by atoms with Gasteiger partial charge in [0, 0.05) is 6.20 Å². The summed E-state index contributed by atoms with van der Waals surface area (Å²) >= 11 is 0. The molecule has 0 radical (unpaired) electrons. The molecule has 1 amide bonds. The van der Waals surface area contributed by atoms with Gasteiger partial charge in [0.1, 0.15) is 0 Å². The van der Waals surface area contributed by atoms with E-state index >= 15 is 0 Å². The second-order valence-electron chi connectivity index (χ2n) is 5.25. The van der Waals surface area contributed by atoms with Gasteiger partial charge in [-0.1, -0.05) is 6.92 Å². The van der Waals surface area contributed by atoms with Crippen LogP contribution in [0.2, 0.25) is 0 Å². The normalized spacial score (nSPS) is 26.1. The molecule has 0 saturated heterocycles. The summed E-state index contributed by atoms with van der Waals surface area (Å²) in [4.78, 5) is 27.5. The van der Waals surface area contributed by atoms with E-state index in [1.54, 1.807) is 18.3 Å². The van der Waals surface area contributed by atoms with Crippen molar-refractivity contribution in [2.24, 2.45) is 17.8 Å². The van der Waals surface area contributed by atoms with Gasteiger partial charge >= 0.3 is 5.97 Å². The average Bonchev–Trinajstić information content (AvgIpc) is 2.74. The first-order valence-corrected chi connectivity index (χ1v) is 6.44. The summed E-state index contributed by atoms with van der Waals surface area (Å²) < 4.78 is 0. The number of carboxylic acid groups (broad SMARTS) is 1. The molecule has 1 aliphatic rings. The van der Waals surface area contributed by atoms with Crippen LogP contribution in [-0.4, -0.2) is 22.0 Å². The van der Waals surface area contributed by atoms with Crippen molar-refractivity contribution in [3.8, 4) is 0 Å². The Labute approximate surface area is 112 Å². The number of aliphatic carboxylic acids is 1. The third kappa shape index (κ3) is 2.92. The van der Waals surface area contributed by atoms with E-state index in [1.165, 1.54) is 0 Å². The van der Waals surface area contributed by atoms with Gasteiger partial charge in [0.15, 0.2) is 0 Å². The topological polar surface area (TPSA) is 79.3 Å². The van der Waals surface area contributed by atoms with E-state index in [0.717, 1.165) is 5.69 Å². The van der Waals surface area contributed by atoms with Gasteiger partial charge in [0.25, 0.3) is 0 Å². The molecule has 1 aliphatic carbocycles. The largest absolute Gasteiger partial charge is 0.481 e. The highest BCUT2D eigenvalue weighted by atomic mass is 16.4. The number of rotatable bonds is 3. The molecule has 2 N–H and O–H groups in total. The monoisotopic (exact) mass is 262 g/mol. The van der Waals surface area contributed by atoms with Crippen LogP contribution in [0.1, 0.15) is 25.5 Å². The lowest BCUT2D eigenvalue weighted by Gasteiger charge is -2.16. The summed E-state index contributed by atoms with van der Waals surface area (Å²) in [5, 5.41) is 12.0. The standard InChI is InChI=1S/C14H18N2O3/c1-8-6-10(11(7-8)14(18)19)13(17)16-12-4-3-5-15-9(12)2/h3-5,8,10-11H,6-7H2,1-2H3,(H,16,17)(H,18,19)/t8?,10-,11+/m0/s1. The van der Waals surface area contributed by atoms with E-state index < -0.39 is 17.8 Å². The van der Waals surface area contributed by atoms with Crippen LogP contribution in [0.3, 0.4) is 0 Å². The highest BCUT2D eigenvalue weighted by Gasteiger charge is 2.41. The number of pyridine rings is 1. The van der Waals surface area contributed by atoms with Gasteiger partial charge in [-0.05, 0) is 37.8 Å². The summed E-state index contributed by atoms with van der Waals surface area (Å²) in [6.07, 6.45) is 2.85. The SMILES string of the molecule is Cc1ncccc1NC(=O)[C@H]1CC(C)C[C@H]1C(=O)O. The third-order valence-electron chi connectivity index (χ3n) is 3.72. The smallest absolute Gasteiger partial charge is 0.307 e. The van der Waals surface area contributed by atoms with Crippen molar-refractivity contribution >= 4 is 17.6 Å². The van der Waals surface area contributed by atoms with Gasteiger partial charge in [0.05, 0.1) is 23.2 Å². The Kier molecular flexibility index (Phi) is 3.83. The number of hydrogen-bond acceptors (Lipinski definition) is 3. The van der Waals surface area contributed by atoms with E-state index in [1.807, 2.05) is 13.8 Å². The predicted molar refractivity (Wildman–Crippen MR) is 70.6 cm³/mol. The van der Waals surface area contributed by atoms with Crippen LogP contribution in [0.5, 0.6) is 0 Å². The highest BCUT2D eigenvalue weighted by Crippen LogP contribution is 2.37. The molecule has 1 saturated carbocycles. The molecular formula is C14H18N2O3. The van der Waals surface area contributed by atoms with Crippen LogP contribution in [0.25, 0.3) is 0 Å². The minimum Gasteiger partial charge on any atom is -0.481 e. The first-order chi connectivity index (χ1) is 8.99. The molecule has 0 bridgehead atoms. The van der Waals surface area contributed by atoms with E-state index in [0.29, 0.717) is 18.5 Å². The van der Waals surface area contributed by atoms with Crippen LogP contribution < -0.4 is 5.32 Å². The number of carbonyl (C=O) groups excluding carboxylic acids is 1. The molecule has 1 aromatic heterocycles. The molecule has 0 aromatic carbocycles. The molecule has 1 unspecified atom stereocenters. The summed E-state index contributed by atoms with van der Waals surface area (Å²) in [6, 6.07) is 3.52. The molecule has 1 fully saturated rings. The maximum absolute atomic E-state index is 12.2. The van der Waals surface area contributed by atoms with Gasteiger partial charge in [-0.25, -0.2) is 0 Å². The fourth-order valence-electron chi connectivity index (χ4n) is 2.70. The maximum Gasteiger partial charge on any atom is 0.307 e. The molecule has 2 rings (SSSR count). The molecule has 0 aliphatic heterocycles. The van der Waals surface area contributed by atoms with Crippen LogP contribution in [0.15, 0.2) is 18.3 Å². The zero-order valence-corrected chi connectivity index (χ0v) is 11.1. The van der Waals surface area contributed by atoms with Gasteiger partial charge in [-0.15, -0.1) is 0 Å². The van der Waals surface area contributed by atoms with E-state index in [2.05, 4.69) is 10.3 Å². The first-order valence-electron chi connectivity index (χ1n) is 6.44. The Bertz CT molecular complexity index is 501. The van der Waals surface area contributed by atoms with E-state index in [9.17, 15) is 14.7 Å². The van der Waals surface area contributed by atoms with Crippen LogP contribution in [0.4, 0.5) is 5.69 Å². The lowest BCUT2D eigenvalue weighted by molar-refractivity contribution is -0.145. The number of anilines is 1. The van der Waals surface area contributed by atoms with Crippen molar-refractivity contribution < 1.29 is 14.7 Å². The van der Waals surface area contributed by atoms with Crippen molar-refractivity contribution in [1.29, 1.82) is 0 Å². The molecule has 1 aromatic rings. The number of hydrogen-bond donors (Lipinski definition) is 2. The second-order valence-corrected chi connectivity index (χ2v) is 5.25. The Balaban J connectivity index is 2.11. The Morgan fingerprint density at radius 3 is 2.68 bits per heavy atom. The van der Waals surface area contributed by atoms with E-state index in [4.69, 9.17) is 0 Å². The number of amides is 1.